The number of carbonyl (C=O) groups is 1. The fourth-order valence-electron chi connectivity index (χ4n) is 3.73. The van der Waals surface area contributed by atoms with Crippen molar-refractivity contribution >= 4 is 23.1 Å². The Balaban J connectivity index is 1.76. The molecule has 0 aliphatic carbocycles. The van der Waals surface area contributed by atoms with Gasteiger partial charge in [-0.1, -0.05) is 31.1 Å². The molecule has 1 aliphatic heterocycles. The normalized spacial score (nSPS) is 17.9. The number of benzene rings is 1. The molecule has 2 heterocycles. The van der Waals surface area contributed by atoms with Gasteiger partial charge >= 0.3 is 6.09 Å². The molecular formula is C19H25N5O4S. The minimum absolute atomic E-state index is 0.0464. The molecule has 0 spiro atoms. The lowest BCUT2D eigenvalue weighted by Gasteiger charge is -2.32. The first-order valence-corrected chi connectivity index (χ1v) is 10.6. The van der Waals surface area contributed by atoms with Crippen molar-refractivity contribution in [1.29, 1.82) is 0 Å². The van der Waals surface area contributed by atoms with Crippen LogP contribution < -0.4 is 5.32 Å². The number of nitro benzene ring substituents is 1. The van der Waals surface area contributed by atoms with Crippen LogP contribution in [0, 0.1) is 10.1 Å². The van der Waals surface area contributed by atoms with E-state index in [-0.39, 0.29) is 17.8 Å². The number of rotatable bonds is 9. The van der Waals surface area contributed by atoms with E-state index in [0.29, 0.717) is 6.54 Å². The molecule has 0 saturated carbocycles. The van der Waals surface area contributed by atoms with Gasteiger partial charge in [0.1, 0.15) is 10.0 Å². The first-order chi connectivity index (χ1) is 14.0. The minimum Gasteiger partial charge on any atom is -0.465 e. The third-order valence-electron chi connectivity index (χ3n) is 5.19. The number of aromatic nitrogens is 2. The van der Waals surface area contributed by atoms with Gasteiger partial charge in [-0.3, -0.25) is 15.0 Å². The smallest absolute Gasteiger partial charge is 0.404 e. The third-order valence-corrected chi connectivity index (χ3v) is 6.27. The number of nitro groups is 1. The molecule has 2 atom stereocenters. The molecule has 156 valence electrons. The molecule has 29 heavy (non-hydrogen) atoms. The summed E-state index contributed by atoms with van der Waals surface area (Å²) in [5.74, 6) is 0. The van der Waals surface area contributed by atoms with Gasteiger partial charge in [0.25, 0.3) is 5.69 Å². The first kappa shape index (κ1) is 21.1. The predicted molar refractivity (Wildman–Crippen MR) is 110 cm³/mol. The van der Waals surface area contributed by atoms with Crippen LogP contribution in [0.25, 0.3) is 10.6 Å². The highest BCUT2D eigenvalue weighted by molar-refractivity contribution is 7.14. The number of non-ortho nitro benzene ring substituents is 1. The molecule has 3 rings (SSSR count). The molecule has 1 aliphatic rings. The van der Waals surface area contributed by atoms with Gasteiger partial charge in [-0.15, -0.1) is 10.2 Å². The van der Waals surface area contributed by atoms with E-state index in [4.69, 9.17) is 5.11 Å². The molecule has 10 heteroatoms. The lowest BCUT2D eigenvalue weighted by atomic mass is 10.1. The van der Waals surface area contributed by atoms with Crippen LogP contribution >= 0.6 is 11.3 Å². The molecule has 2 aromatic rings. The van der Waals surface area contributed by atoms with Gasteiger partial charge in [-0.25, -0.2) is 4.79 Å². The van der Waals surface area contributed by atoms with E-state index in [0.717, 1.165) is 54.2 Å². The maximum Gasteiger partial charge on any atom is 0.404 e. The van der Waals surface area contributed by atoms with E-state index in [2.05, 4.69) is 27.3 Å². The van der Waals surface area contributed by atoms with Crippen molar-refractivity contribution in [3.63, 3.8) is 0 Å². The molecule has 1 amide bonds. The van der Waals surface area contributed by atoms with Crippen LogP contribution in [0.1, 0.15) is 50.1 Å². The Kier molecular flexibility index (Phi) is 7.10. The largest absolute Gasteiger partial charge is 0.465 e. The zero-order valence-corrected chi connectivity index (χ0v) is 17.1. The average molecular weight is 420 g/mol. The lowest BCUT2D eigenvalue weighted by molar-refractivity contribution is -0.384. The molecule has 1 aromatic carbocycles. The first-order valence-electron chi connectivity index (χ1n) is 9.80. The fourth-order valence-corrected chi connectivity index (χ4v) is 4.74. The second kappa shape index (κ2) is 9.75. The average Bonchev–Trinajstić information content (AvgIpc) is 3.37. The van der Waals surface area contributed by atoms with Gasteiger partial charge in [-0.05, 0) is 37.9 Å². The molecule has 0 bridgehead atoms. The molecular weight excluding hydrogens is 394 g/mol. The second-order valence-corrected chi connectivity index (χ2v) is 8.14. The summed E-state index contributed by atoms with van der Waals surface area (Å²) < 4.78 is 0. The number of amides is 1. The Bertz CT molecular complexity index is 841. The van der Waals surface area contributed by atoms with Crippen LogP contribution in [0.15, 0.2) is 24.3 Å². The summed E-state index contributed by atoms with van der Waals surface area (Å²) in [5, 5.41) is 32.7. The van der Waals surface area contributed by atoms with Gasteiger partial charge in [0.05, 0.1) is 11.0 Å². The van der Waals surface area contributed by atoms with Crippen LogP contribution in [-0.4, -0.2) is 50.4 Å². The lowest BCUT2D eigenvalue weighted by Crippen LogP contribution is -2.43. The highest BCUT2D eigenvalue weighted by Crippen LogP contribution is 2.38. The Labute approximate surface area is 172 Å². The monoisotopic (exact) mass is 419 g/mol. The quantitative estimate of drug-likeness (QED) is 0.464. The standard InChI is InChI=1S/C19H25N5O4S/c1-2-3-5-15(12-20-19(25)26)23-11-4-6-16(23)18-22-21-17(29-18)13-7-9-14(10-8-13)24(27)28/h7-10,15-16,20H,2-6,11-12H2,1H3,(H,25,26)/t15-,16+/m1/s1. The predicted octanol–water partition coefficient (Wildman–Crippen LogP) is 4.08. The third kappa shape index (κ3) is 5.27. The van der Waals surface area contributed by atoms with Gasteiger partial charge in [0.15, 0.2) is 0 Å². The van der Waals surface area contributed by atoms with Crippen LogP contribution in [-0.2, 0) is 0 Å². The molecule has 0 radical (unpaired) electrons. The molecule has 0 unspecified atom stereocenters. The van der Waals surface area contributed by atoms with E-state index < -0.39 is 11.0 Å². The van der Waals surface area contributed by atoms with E-state index in [1.165, 1.54) is 23.5 Å². The van der Waals surface area contributed by atoms with E-state index in [9.17, 15) is 14.9 Å². The molecule has 1 aromatic heterocycles. The maximum absolute atomic E-state index is 11.0. The Morgan fingerprint density at radius 2 is 2.17 bits per heavy atom. The van der Waals surface area contributed by atoms with Crippen molar-refractivity contribution in [2.75, 3.05) is 13.1 Å². The topological polar surface area (TPSA) is 121 Å². The van der Waals surface area contributed by atoms with Gasteiger partial charge in [-0.2, -0.15) is 0 Å². The molecule has 1 fully saturated rings. The molecule has 1 saturated heterocycles. The van der Waals surface area contributed by atoms with Crippen molar-refractivity contribution in [3.05, 3.63) is 39.4 Å². The zero-order valence-electron chi connectivity index (χ0n) is 16.3. The Morgan fingerprint density at radius 1 is 1.41 bits per heavy atom. The Morgan fingerprint density at radius 3 is 2.83 bits per heavy atom. The van der Waals surface area contributed by atoms with Crippen LogP contribution in [0.4, 0.5) is 10.5 Å². The fraction of sp³-hybridized carbons (Fsp3) is 0.526. The van der Waals surface area contributed by atoms with E-state index in [1.807, 2.05) is 0 Å². The van der Waals surface area contributed by atoms with Gasteiger partial charge in [0, 0.05) is 30.3 Å². The van der Waals surface area contributed by atoms with Crippen LogP contribution in [0.5, 0.6) is 0 Å². The highest BCUT2D eigenvalue weighted by Gasteiger charge is 2.34. The minimum atomic E-state index is -1.00. The van der Waals surface area contributed by atoms with Gasteiger partial charge < -0.3 is 10.4 Å². The van der Waals surface area contributed by atoms with Crippen LogP contribution in [0.3, 0.4) is 0 Å². The summed E-state index contributed by atoms with van der Waals surface area (Å²) in [5.41, 5.74) is 0.851. The van der Waals surface area contributed by atoms with E-state index in [1.54, 1.807) is 12.1 Å². The van der Waals surface area contributed by atoms with Crippen LogP contribution in [0.2, 0.25) is 0 Å². The Hall–Kier alpha value is -2.59. The zero-order chi connectivity index (χ0) is 20.8. The number of hydrogen-bond donors (Lipinski definition) is 2. The summed E-state index contributed by atoms with van der Waals surface area (Å²) >= 11 is 1.50. The number of unbranched alkanes of at least 4 members (excludes halogenated alkanes) is 1. The summed E-state index contributed by atoms with van der Waals surface area (Å²) in [6.07, 6.45) is 4.03. The molecule has 2 N–H and O–H groups in total. The van der Waals surface area contributed by atoms with Gasteiger partial charge in [0.2, 0.25) is 0 Å². The summed E-state index contributed by atoms with van der Waals surface area (Å²) in [4.78, 5) is 23.7. The second-order valence-electron chi connectivity index (χ2n) is 7.13. The number of likely N-dealkylation sites (tertiary alicyclic amines) is 1. The summed E-state index contributed by atoms with van der Waals surface area (Å²) in [7, 11) is 0. The summed E-state index contributed by atoms with van der Waals surface area (Å²) in [6, 6.07) is 6.57. The molecule has 9 nitrogen and oxygen atoms in total. The van der Waals surface area contributed by atoms with Crippen molar-refractivity contribution < 1.29 is 14.8 Å². The van der Waals surface area contributed by atoms with Crippen molar-refractivity contribution in [1.82, 2.24) is 20.4 Å². The summed E-state index contributed by atoms with van der Waals surface area (Å²) in [6.45, 7) is 3.44. The van der Waals surface area contributed by atoms with E-state index >= 15 is 0 Å². The van der Waals surface area contributed by atoms with Crippen molar-refractivity contribution in [2.24, 2.45) is 0 Å². The maximum atomic E-state index is 11.0. The van der Waals surface area contributed by atoms with Crippen molar-refractivity contribution in [2.45, 2.75) is 51.1 Å². The highest BCUT2D eigenvalue weighted by atomic mass is 32.1. The SMILES string of the molecule is CCCC[C@H](CNC(=O)O)N1CCC[C@H]1c1nnc(-c2ccc([N+](=O)[O-])cc2)s1. The van der Waals surface area contributed by atoms with Crippen molar-refractivity contribution in [3.8, 4) is 10.6 Å². The number of nitrogens with one attached hydrogen (secondary N) is 1. The number of nitrogens with zero attached hydrogens (tertiary/aromatic N) is 4. The number of hydrogen-bond acceptors (Lipinski definition) is 7. The number of carboxylic acid groups (broad SMARTS) is 1.